The van der Waals surface area contributed by atoms with E-state index in [1.54, 1.807) is 0 Å². The maximum Gasteiger partial charge on any atom is 0.423 e. The fraction of sp³-hybridized carbons (Fsp3) is 0. The van der Waals surface area contributed by atoms with Gasteiger partial charge in [-0.2, -0.15) is 0 Å². The van der Waals surface area contributed by atoms with E-state index in [0.717, 1.165) is 0 Å². The molecule has 0 saturated heterocycles. The Kier molecular flexibility index (Phi) is 2.78. The molecule has 0 saturated carbocycles. The number of nitrogen functional groups attached to an aromatic ring is 2. The van der Waals surface area contributed by atoms with Gasteiger partial charge < -0.3 is 29.3 Å². The van der Waals surface area contributed by atoms with Crippen LogP contribution in [0.2, 0.25) is 0 Å². The third-order valence-electron chi connectivity index (χ3n) is 1.56. The molecule has 0 fully saturated rings. The van der Waals surface area contributed by atoms with Crippen molar-refractivity contribution in [3.05, 3.63) is 24.7 Å². The van der Waals surface area contributed by atoms with E-state index in [-0.39, 0.29) is 11.9 Å². The molecule has 7 nitrogen and oxygen atoms in total. The highest BCUT2D eigenvalue weighted by atomic mass is 31.1. The fourth-order valence-corrected chi connectivity index (χ4v) is 1.54. The van der Waals surface area contributed by atoms with Gasteiger partial charge in [-0.05, 0) is 0 Å². The van der Waals surface area contributed by atoms with Gasteiger partial charge in [0.15, 0.2) is 0 Å². The number of furan rings is 2. The molecule has 0 aliphatic heterocycles. The van der Waals surface area contributed by atoms with Crippen molar-refractivity contribution in [3.8, 4) is 11.9 Å². The van der Waals surface area contributed by atoms with Crippen LogP contribution >= 0.6 is 8.25 Å². The number of hydrogen-bond donors (Lipinski definition) is 2. The molecule has 2 aromatic rings. The van der Waals surface area contributed by atoms with Crippen LogP contribution < -0.4 is 20.5 Å². The molecule has 0 bridgehead atoms. The van der Waals surface area contributed by atoms with Crippen molar-refractivity contribution in [1.82, 2.24) is 0 Å². The minimum atomic E-state index is -2.82. The van der Waals surface area contributed by atoms with E-state index in [4.69, 9.17) is 29.3 Å². The second kappa shape index (κ2) is 4.24. The summed E-state index contributed by atoms with van der Waals surface area (Å²) in [5.41, 5.74) is 11.5. The summed E-state index contributed by atoms with van der Waals surface area (Å²) in [6.45, 7) is 0. The highest BCUT2D eigenvalue weighted by Gasteiger charge is 2.09. The van der Waals surface area contributed by atoms with Gasteiger partial charge in [0, 0.05) is 12.1 Å². The fourth-order valence-electron chi connectivity index (χ4n) is 0.953. The van der Waals surface area contributed by atoms with Crippen molar-refractivity contribution >= 4 is 19.6 Å². The van der Waals surface area contributed by atoms with Crippen LogP contribution in [0.25, 0.3) is 0 Å². The van der Waals surface area contributed by atoms with Gasteiger partial charge in [-0.15, -0.1) is 0 Å². The predicted octanol–water partition coefficient (Wildman–Crippen LogP) is 1.88. The maximum atomic E-state index is 11.3. The Bertz CT molecular complexity index is 462. The zero-order valence-electron chi connectivity index (χ0n) is 8.01. The van der Waals surface area contributed by atoms with Gasteiger partial charge >= 0.3 is 8.25 Å². The number of rotatable bonds is 4. The van der Waals surface area contributed by atoms with Crippen molar-refractivity contribution in [2.45, 2.75) is 0 Å². The smallest absolute Gasteiger partial charge is 0.423 e. The van der Waals surface area contributed by atoms with Gasteiger partial charge in [-0.1, -0.05) is 0 Å². The largest absolute Gasteiger partial charge is 0.432 e. The molecule has 8 heteroatoms. The highest BCUT2D eigenvalue weighted by Crippen LogP contribution is 2.33. The van der Waals surface area contributed by atoms with Gasteiger partial charge in [0.25, 0.3) is 11.9 Å². The zero-order valence-corrected chi connectivity index (χ0v) is 9.01. The second-order valence-electron chi connectivity index (χ2n) is 2.85. The van der Waals surface area contributed by atoms with E-state index in [9.17, 15) is 4.57 Å². The van der Waals surface area contributed by atoms with E-state index in [0.29, 0.717) is 11.4 Å². The molecule has 0 radical (unpaired) electrons. The van der Waals surface area contributed by atoms with Crippen LogP contribution in [-0.2, 0) is 4.57 Å². The summed E-state index contributed by atoms with van der Waals surface area (Å²) < 4.78 is 30.6. The van der Waals surface area contributed by atoms with E-state index < -0.39 is 8.25 Å². The molecule has 2 aromatic heterocycles. The van der Waals surface area contributed by atoms with Crippen LogP contribution in [0, 0.1) is 0 Å². The summed E-state index contributed by atoms with van der Waals surface area (Å²) in [4.78, 5) is 0. The molecule has 2 heterocycles. The topological polar surface area (TPSA) is 114 Å². The predicted molar refractivity (Wildman–Crippen MR) is 56.5 cm³/mol. The first-order valence-corrected chi connectivity index (χ1v) is 5.43. The van der Waals surface area contributed by atoms with E-state index in [2.05, 4.69) is 0 Å². The van der Waals surface area contributed by atoms with E-state index >= 15 is 0 Å². The van der Waals surface area contributed by atoms with Crippen LogP contribution in [0.5, 0.6) is 11.9 Å². The molecule has 0 aliphatic rings. The Morgan fingerprint density at radius 2 is 1.44 bits per heavy atom. The van der Waals surface area contributed by atoms with Crippen molar-refractivity contribution < 1.29 is 22.4 Å². The molecular formula is C8H9N2O5P. The number of anilines is 2. The van der Waals surface area contributed by atoms with Gasteiger partial charge in [0.05, 0.1) is 11.4 Å². The lowest BCUT2D eigenvalue weighted by molar-refractivity contribution is 0.321. The lowest BCUT2D eigenvalue weighted by Crippen LogP contribution is -1.86. The van der Waals surface area contributed by atoms with Crippen LogP contribution in [-0.4, -0.2) is 0 Å². The summed E-state index contributed by atoms with van der Waals surface area (Å²) in [5.74, 6) is 0.0295. The van der Waals surface area contributed by atoms with Crippen LogP contribution in [0.4, 0.5) is 11.4 Å². The average Bonchev–Trinajstić information content (AvgIpc) is 2.76. The minimum absolute atomic E-state index is 0.0147. The van der Waals surface area contributed by atoms with Crippen LogP contribution in [0.15, 0.2) is 33.5 Å². The monoisotopic (exact) mass is 244 g/mol. The summed E-state index contributed by atoms with van der Waals surface area (Å²) in [6, 6.07) is 2.75. The third kappa shape index (κ3) is 2.52. The molecular weight excluding hydrogens is 235 g/mol. The maximum absolute atomic E-state index is 11.3. The Morgan fingerprint density at radius 1 is 1.00 bits per heavy atom. The van der Waals surface area contributed by atoms with Crippen molar-refractivity contribution in [1.29, 1.82) is 0 Å². The Labute approximate surface area is 90.9 Å². The third-order valence-corrected chi connectivity index (χ3v) is 2.29. The molecule has 4 N–H and O–H groups in total. The standard InChI is InChI=1S/C8H9N2O5P/c9-5-1-7(12-3-5)14-16(11)15-8-2-6(10)4-13-8/h1-4,16H,9-10H2. The average molecular weight is 244 g/mol. The first-order chi connectivity index (χ1) is 7.63. The summed E-state index contributed by atoms with van der Waals surface area (Å²) in [6.07, 6.45) is 2.52. The van der Waals surface area contributed by atoms with Gasteiger partial charge in [-0.3, -0.25) is 0 Å². The molecule has 0 aromatic carbocycles. The van der Waals surface area contributed by atoms with Crippen LogP contribution in [0.1, 0.15) is 0 Å². The van der Waals surface area contributed by atoms with E-state index in [1.165, 1.54) is 24.7 Å². The van der Waals surface area contributed by atoms with Gasteiger partial charge in [-0.25, -0.2) is 4.57 Å². The molecule has 0 unspecified atom stereocenters. The molecule has 2 rings (SSSR count). The Morgan fingerprint density at radius 3 is 1.75 bits per heavy atom. The molecule has 0 spiro atoms. The lowest BCUT2D eigenvalue weighted by Gasteiger charge is -2.01. The molecule has 86 valence electrons. The molecule has 0 aliphatic carbocycles. The van der Waals surface area contributed by atoms with E-state index in [1.807, 2.05) is 0 Å². The van der Waals surface area contributed by atoms with Crippen molar-refractivity contribution in [2.24, 2.45) is 0 Å². The second-order valence-corrected chi connectivity index (χ2v) is 3.76. The Hall–Kier alpha value is -2.01. The summed E-state index contributed by atoms with van der Waals surface area (Å²) >= 11 is 0. The lowest BCUT2D eigenvalue weighted by atomic mass is 10.6. The molecule has 16 heavy (non-hydrogen) atoms. The van der Waals surface area contributed by atoms with Gasteiger partial charge in [0.2, 0.25) is 0 Å². The highest BCUT2D eigenvalue weighted by molar-refractivity contribution is 7.34. The summed E-state index contributed by atoms with van der Waals surface area (Å²) in [7, 11) is -2.82. The normalized spacial score (nSPS) is 10.6. The quantitative estimate of drug-likeness (QED) is 0.789. The van der Waals surface area contributed by atoms with Gasteiger partial charge in [0.1, 0.15) is 12.5 Å². The first kappa shape index (κ1) is 10.5. The van der Waals surface area contributed by atoms with Crippen LogP contribution in [0.3, 0.4) is 0 Å². The summed E-state index contributed by atoms with van der Waals surface area (Å²) in [5, 5.41) is 0. The molecule has 0 amide bonds. The van der Waals surface area contributed by atoms with Crippen molar-refractivity contribution in [3.63, 3.8) is 0 Å². The van der Waals surface area contributed by atoms with Crippen molar-refractivity contribution in [2.75, 3.05) is 11.5 Å². The SMILES string of the molecule is Nc1coc(O[PH](=O)Oc2cc(N)co2)c1. The first-order valence-electron chi connectivity index (χ1n) is 4.21. The Balaban J connectivity index is 1.94. The number of nitrogens with two attached hydrogens (primary N) is 2. The number of hydrogen-bond acceptors (Lipinski definition) is 7. The molecule has 0 atom stereocenters. The zero-order chi connectivity index (χ0) is 11.5. The minimum Gasteiger partial charge on any atom is -0.432 e.